The van der Waals surface area contributed by atoms with Gasteiger partial charge in [-0.15, -0.1) is 0 Å². The van der Waals surface area contributed by atoms with Crippen molar-refractivity contribution < 1.29 is 19.0 Å². The van der Waals surface area contributed by atoms with E-state index in [9.17, 15) is 4.79 Å². The maximum atomic E-state index is 12.2. The van der Waals surface area contributed by atoms with Crippen LogP contribution in [0.4, 0.5) is 0 Å². The molecule has 1 aliphatic heterocycles. The van der Waals surface area contributed by atoms with Crippen LogP contribution in [0.5, 0.6) is 0 Å². The fraction of sp³-hybridized carbons (Fsp3) is 0.885. The van der Waals surface area contributed by atoms with Crippen LogP contribution in [-0.2, 0) is 19.0 Å². The van der Waals surface area contributed by atoms with Gasteiger partial charge in [-0.05, 0) is 0 Å². The molecule has 1 fully saturated rings. The number of ether oxygens (including phenoxy) is 3. The van der Waals surface area contributed by atoms with Crippen LogP contribution in [0, 0.1) is 0 Å². The molecule has 0 aromatic heterocycles. The second-order valence-corrected chi connectivity index (χ2v) is 22.9. The minimum absolute atomic E-state index is 0.0261. The average molecular weight is 545 g/mol. The van der Waals surface area contributed by atoms with E-state index in [-0.39, 0.29) is 18.2 Å². The monoisotopic (exact) mass is 546 g/mol. The van der Waals surface area contributed by atoms with Crippen molar-refractivity contribution in [3.8, 4) is 0 Å². The summed E-state index contributed by atoms with van der Waals surface area (Å²) in [7, 11) is 0. The first kappa shape index (κ1) is 29.0. The van der Waals surface area contributed by atoms with Crippen LogP contribution in [0.2, 0.25) is 13.3 Å². The Kier molecular flexibility index (Phi) is 14.7. The summed E-state index contributed by atoms with van der Waals surface area (Å²) in [5.74, 6) is -0.822. The Hall–Kier alpha value is -0.0713. The van der Waals surface area contributed by atoms with Crippen LogP contribution < -0.4 is 0 Å². The zero-order valence-corrected chi connectivity index (χ0v) is 24.2. The molecule has 4 nitrogen and oxygen atoms in total. The Bertz CT molecular complexity index is 496. The predicted octanol–water partition coefficient (Wildman–Crippen LogP) is 7.57. The topological polar surface area (TPSA) is 44.8 Å². The molecule has 1 aliphatic rings. The van der Waals surface area contributed by atoms with Gasteiger partial charge in [-0.25, -0.2) is 0 Å². The summed E-state index contributed by atoms with van der Waals surface area (Å²) < 4.78 is 24.8. The molecule has 0 N–H and O–H groups in total. The zero-order valence-electron chi connectivity index (χ0n) is 21.3. The average Bonchev–Trinajstić information content (AvgIpc) is 2.72. The SMILES string of the molecule is CCCCOC(=O)C[C@H]1C[C@H](/C=[CH]/[Sn]([CH2]CCC)([CH2]CCC)[CH2]CCC)OC(C)(C)O1. The number of hydrogen-bond acceptors (Lipinski definition) is 4. The van der Waals surface area contributed by atoms with Gasteiger partial charge in [0.15, 0.2) is 0 Å². The number of rotatable bonds is 16. The molecule has 0 saturated carbocycles. The molecule has 0 radical (unpaired) electrons. The number of unbranched alkanes of at least 4 members (excludes halogenated alkanes) is 4. The van der Waals surface area contributed by atoms with Crippen molar-refractivity contribution >= 4 is 24.3 Å². The summed E-state index contributed by atoms with van der Waals surface area (Å²) in [6.07, 6.45) is 13.2. The van der Waals surface area contributed by atoms with Gasteiger partial charge in [0.2, 0.25) is 0 Å². The quantitative estimate of drug-likeness (QED) is 0.114. The first-order valence-corrected chi connectivity index (χ1v) is 20.7. The van der Waals surface area contributed by atoms with Crippen LogP contribution in [0.15, 0.2) is 10.2 Å². The molecule has 1 heterocycles. The van der Waals surface area contributed by atoms with E-state index in [1.54, 1.807) is 0 Å². The number of carbonyl (C=O) groups is 1. The Labute approximate surface area is 196 Å². The molecule has 182 valence electrons. The Morgan fingerprint density at radius 1 is 0.935 bits per heavy atom. The number of carbonyl (C=O) groups excluding carboxylic acids is 1. The first-order valence-electron chi connectivity index (χ1n) is 13.0. The summed E-state index contributed by atoms with van der Waals surface area (Å²) in [4.78, 5) is 12.2. The van der Waals surface area contributed by atoms with Crippen molar-refractivity contribution in [1.82, 2.24) is 0 Å². The van der Waals surface area contributed by atoms with Crippen molar-refractivity contribution in [2.24, 2.45) is 0 Å². The molecule has 2 atom stereocenters. The normalized spacial score (nSPS) is 21.5. The van der Waals surface area contributed by atoms with Crippen molar-refractivity contribution in [1.29, 1.82) is 0 Å². The third kappa shape index (κ3) is 12.1. The molecule has 31 heavy (non-hydrogen) atoms. The van der Waals surface area contributed by atoms with Gasteiger partial charge in [0.25, 0.3) is 0 Å². The van der Waals surface area contributed by atoms with E-state index in [1.807, 2.05) is 13.8 Å². The van der Waals surface area contributed by atoms with E-state index in [2.05, 4.69) is 37.9 Å². The molecule has 0 spiro atoms. The molecule has 0 aromatic rings. The van der Waals surface area contributed by atoms with Crippen LogP contribution in [0.25, 0.3) is 0 Å². The second-order valence-electron chi connectivity index (χ2n) is 9.84. The molecule has 0 bridgehead atoms. The van der Waals surface area contributed by atoms with Gasteiger partial charge in [0.05, 0.1) is 0 Å². The molecule has 0 aromatic carbocycles. The number of hydrogen-bond donors (Lipinski definition) is 0. The summed E-state index contributed by atoms with van der Waals surface area (Å²) in [5.41, 5.74) is 0. The fourth-order valence-electron chi connectivity index (χ4n) is 4.49. The molecule has 0 aliphatic carbocycles. The summed E-state index contributed by atoms with van der Waals surface area (Å²) >= 11 is -2.34. The molecular weight excluding hydrogens is 495 g/mol. The van der Waals surface area contributed by atoms with Gasteiger partial charge in [-0.3, -0.25) is 0 Å². The molecule has 0 unspecified atom stereocenters. The third-order valence-electron chi connectivity index (χ3n) is 6.29. The Morgan fingerprint density at radius 3 is 2.00 bits per heavy atom. The number of esters is 1. The van der Waals surface area contributed by atoms with E-state index in [0.717, 1.165) is 19.3 Å². The van der Waals surface area contributed by atoms with Crippen LogP contribution in [0.1, 0.15) is 106 Å². The van der Waals surface area contributed by atoms with E-state index >= 15 is 0 Å². The van der Waals surface area contributed by atoms with E-state index in [0.29, 0.717) is 13.0 Å². The van der Waals surface area contributed by atoms with E-state index < -0.39 is 24.2 Å². The van der Waals surface area contributed by atoms with E-state index in [1.165, 1.54) is 51.8 Å². The molecule has 5 heteroatoms. The second kappa shape index (κ2) is 15.7. The van der Waals surface area contributed by atoms with Gasteiger partial charge in [0, 0.05) is 0 Å². The van der Waals surface area contributed by atoms with Crippen molar-refractivity contribution in [2.75, 3.05) is 6.61 Å². The van der Waals surface area contributed by atoms with Gasteiger partial charge >= 0.3 is 197 Å². The molecule has 1 rings (SSSR count). The molecule has 0 amide bonds. The van der Waals surface area contributed by atoms with Crippen LogP contribution in [-0.4, -0.2) is 48.9 Å². The maximum absolute atomic E-state index is 12.2. The standard InChI is InChI=1S/C14H23O4.3C4H9.Sn/c1-5-7-8-16-13(15)10-12-9-11(6-2)17-14(3,4)18-12;3*1-3-4-2;/h2,6,11-12H,5,7-10H2,1,3-4H3;3*1,3-4H2,2H3;/t11-,12+;;;;/m0..../s1. The summed E-state index contributed by atoms with van der Waals surface area (Å²) in [5, 5.41) is 0. The van der Waals surface area contributed by atoms with E-state index in [4.69, 9.17) is 14.2 Å². The Morgan fingerprint density at radius 2 is 1.48 bits per heavy atom. The van der Waals surface area contributed by atoms with Gasteiger partial charge in [-0.1, -0.05) is 0 Å². The first-order chi connectivity index (χ1) is 14.8. The molecular formula is C26H50O4Sn. The fourth-order valence-corrected chi connectivity index (χ4v) is 18.9. The van der Waals surface area contributed by atoms with Gasteiger partial charge in [0.1, 0.15) is 0 Å². The Balaban J connectivity index is 2.87. The third-order valence-corrected chi connectivity index (χ3v) is 20.4. The van der Waals surface area contributed by atoms with Gasteiger partial charge < -0.3 is 0 Å². The van der Waals surface area contributed by atoms with Crippen LogP contribution in [0.3, 0.4) is 0 Å². The van der Waals surface area contributed by atoms with Crippen molar-refractivity contribution in [3.05, 3.63) is 10.2 Å². The van der Waals surface area contributed by atoms with Crippen molar-refractivity contribution in [3.63, 3.8) is 0 Å². The summed E-state index contributed by atoms with van der Waals surface area (Å²) in [6.45, 7) is 13.5. The van der Waals surface area contributed by atoms with Crippen LogP contribution >= 0.6 is 0 Å². The summed E-state index contributed by atoms with van der Waals surface area (Å²) in [6, 6.07) is 0. The van der Waals surface area contributed by atoms with Gasteiger partial charge in [-0.2, -0.15) is 0 Å². The zero-order chi connectivity index (χ0) is 23.2. The van der Waals surface area contributed by atoms with Crippen molar-refractivity contribution in [2.45, 2.75) is 137 Å². The molecule has 1 saturated heterocycles. The predicted molar refractivity (Wildman–Crippen MR) is 133 cm³/mol. The minimum atomic E-state index is -2.34.